The predicted octanol–water partition coefficient (Wildman–Crippen LogP) is 3.61. The molecule has 32 heavy (non-hydrogen) atoms. The number of aromatic amines is 1. The van der Waals surface area contributed by atoms with Crippen LogP contribution in [0.25, 0.3) is 16.8 Å². The molecule has 0 radical (unpaired) electrons. The van der Waals surface area contributed by atoms with Crippen LogP contribution in [0, 0.1) is 5.82 Å². The molecular formula is C21H17ClFN7O2. The molecule has 0 aliphatic carbocycles. The van der Waals surface area contributed by atoms with Crippen LogP contribution in [0.5, 0.6) is 0 Å². The number of carbonyl (C=O) groups excluding carboxylic acids is 1. The highest BCUT2D eigenvalue weighted by Crippen LogP contribution is 2.21. The number of aromatic nitrogens is 5. The monoisotopic (exact) mass is 453 g/mol. The van der Waals surface area contributed by atoms with E-state index in [2.05, 4.69) is 42.4 Å². The molecule has 3 aromatic heterocycles. The third-order valence-corrected chi connectivity index (χ3v) is 4.89. The van der Waals surface area contributed by atoms with Crippen LogP contribution in [0.4, 0.5) is 10.2 Å². The van der Waals surface area contributed by atoms with Gasteiger partial charge >= 0.3 is 0 Å². The van der Waals surface area contributed by atoms with Gasteiger partial charge in [0.15, 0.2) is 11.5 Å². The topological polar surface area (TPSA) is 129 Å². The molecule has 0 saturated heterocycles. The first-order valence-corrected chi connectivity index (χ1v) is 9.78. The normalized spacial score (nSPS) is 10.8. The second-order valence-corrected chi connectivity index (χ2v) is 7.19. The Kier molecular flexibility index (Phi) is 5.95. The fourth-order valence-electron chi connectivity index (χ4n) is 2.92. The molecule has 1 amide bonds. The van der Waals surface area contributed by atoms with E-state index in [0.717, 1.165) is 0 Å². The van der Waals surface area contributed by atoms with Crippen molar-refractivity contribution in [3.8, 4) is 0 Å². The van der Waals surface area contributed by atoms with Crippen LogP contribution in [-0.4, -0.2) is 36.2 Å². The summed E-state index contributed by atoms with van der Waals surface area (Å²) in [7, 11) is 0. The first-order chi connectivity index (χ1) is 15.4. The molecule has 0 unspecified atom stereocenters. The number of halogens is 2. The highest BCUT2D eigenvalue weighted by atomic mass is 35.5. The van der Waals surface area contributed by atoms with Crippen LogP contribution in [0.15, 0.2) is 49.4 Å². The lowest BCUT2D eigenvalue weighted by Crippen LogP contribution is -2.24. The minimum absolute atomic E-state index is 0.0177. The van der Waals surface area contributed by atoms with Crippen molar-refractivity contribution in [2.45, 2.75) is 13.1 Å². The number of pyridine rings is 1. The van der Waals surface area contributed by atoms with Crippen molar-refractivity contribution in [3.05, 3.63) is 82.8 Å². The Balaban J connectivity index is 1.46. The van der Waals surface area contributed by atoms with Crippen LogP contribution in [0.3, 0.4) is 0 Å². The van der Waals surface area contributed by atoms with E-state index in [1.807, 2.05) is 0 Å². The molecule has 4 rings (SSSR count). The number of H-pyrrole nitrogens is 1. The van der Waals surface area contributed by atoms with Gasteiger partial charge in [-0.3, -0.25) is 14.9 Å². The largest absolute Gasteiger partial charge is 0.508 e. The zero-order valence-corrected chi connectivity index (χ0v) is 17.3. The van der Waals surface area contributed by atoms with E-state index in [1.54, 1.807) is 12.1 Å². The highest BCUT2D eigenvalue weighted by Gasteiger charge is 2.17. The minimum atomic E-state index is -0.526. The van der Waals surface area contributed by atoms with Crippen LogP contribution in [0.1, 0.15) is 27.3 Å². The van der Waals surface area contributed by atoms with Crippen molar-refractivity contribution in [3.63, 3.8) is 0 Å². The predicted molar refractivity (Wildman–Crippen MR) is 117 cm³/mol. The Morgan fingerprint density at radius 3 is 2.75 bits per heavy atom. The number of amides is 1. The van der Waals surface area contributed by atoms with Gasteiger partial charge in [-0.25, -0.2) is 14.4 Å². The van der Waals surface area contributed by atoms with E-state index in [1.165, 1.54) is 30.7 Å². The maximum absolute atomic E-state index is 13.3. The number of nitrogens with zero attached hydrogens (tertiary/aromatic N) is 4. The van der Waals surface area contributed by atoms with Crippen molar-refractivity contribution in [2.24, 2.45) is 0 Å². The zero-order valence-electron chi connectivity index (χ0n) is 16.6. The van der Waals surface area contributed by atoms with Crippen molar-refractivity contribution >= 4 is 40.1 Å². The van der Waals surface area contributed by atoms with Gasteiger partial charge in [0, 0.05) is 18.3 Å². The number of rotatable bonds is 7. The third kappa shape index (κ3) is 4.49. The summed E-state index contributed by atoms with van der Waals surface area (Å²) in [5, 5.41) is 22.1. The van der Waals surface area contributed by atoms with Crippen LogP contribution >= 0.6 is 11.6 Å². The molecule has 3 heterocycles. The number of nitrogens with one attached hydrogen (secondary N) is 3. The van der Waals surface area contributed by atoms with Crippen molar-refractivity contribution in [1.29, 1.82) is 0 Å². The molecule has 4 N–H and O–H groups in total. The van der Waals surface area contributed by atoms with E-state index in [9.17, 15) is 14.3 Å². The number of carbonyl (C=O) groups is 1. The van der Waals surface area contributed by atoms with Gasteiger partial charge in [-0.15, -0.1) is 0 Å². The average molecular weight is 454 g/mol. The summed E-state index contributed by atoms with van der Waals surface area (Å²) in [6.07, 6.45) is 2.79. The van der Waals surface area contributed by atoms with Crippen LogP contribution in [-0.2, 0) is 13.1 Å². The molecule has 1 aromatic carbocycles. The summed E-state index contributed by atoms with van der Waals surface area (Å²) in [5.74, 6) is -0.601. The summed E-state index contributed by atoms with van der Waals surface area (Å²) in [6.45, 7) is 3.94. The minimum Gasteiger partial charge on any atom is -0.508 e. The fourth-order valence-corrected chi connectivity index (χ4v) is 3.12. The number of fused-ring (bicyclic) bond motifs is 1. The summed E-state index contributed by atoms with van der Waals surface area (Å²) in [6, 6.07) is 7.67. The van der Waals surface area contributed by atoms with Gasteiger partial charge in [-0.2, -0.15) is 5.10 Å². The molecule has 0 aliphatic heterocycles. The van der Waals surface area contributed by atoms with Gasteiger partial charge < -0.3 is 15.7 Å². The first-order valence-electron chi connectivity index (χ1n) is 9.40. The van der Waals surface area contributed by atoms with Gasteiger partial charge in [0.2, 0.25) is 0 Å². The Bertz CT molecular complexity index is 1310. The smallest absolute Gasteiger partial charge is 0.272 e. The molecule has 0 saturated carbocycles. The fraction of sp³-hybridized carbons (Fsp3) is 0.0952. The van der Waals surface area contributed by atoms with E-state index >= 15 is 0 Å². The number of aliphatic hydroxyl groups is 1. The molecule has 0 spiro atoms. The van der Waals surface area contributed by atoms with Crippen molar-refractivity contribution < 1.29 is 14.3 Å². The Labute approximate surface area is 186 Å². The Morgan fingerprint density at radius 1 is 1.19 bits per heavy atom. The number of aliphatic hydroxyl groups excluding tert-OH is 1. The molecule has 9 nitrogen and oxygen atoms in total. The molecule has 0 aliphatic rings. The third-order valence-electron chi connectivity index (χ3n) is 4.60. The molecule has 11 heteroatoms. The number of anilines is 1. The summed E-state index contributed by atoms with van der Waals surface area (Å²) < 4.78 is 13.3. The van der Waals surface area contributed by atoms with Crippen LogP contribution in [0.2, 0.25) is 5.02 Å². The zero-order chi connectivity index (χ0) is 22.7. The van der Waals surface area contributed by atoms with Gasteiger partial charge in [-0.05, 0) is 29.8 Å². The second kappa shape index (κ2) is 8.98. The lowest BCUT2D eigenvalue weighted by molar-refractivity contribution is 0.0947. The van der Waals surface area contributed by atoms with E-state index in [4.69, 9.17) is 11.6 Å². The van der Waals surface area contributed by atoms with Crippen LogP contribution < -0.4 is 10.6 Å². The first kappa shape index (κ1) is 21.2. The molecule has 0 bridgehead atoms. The Morgan fingerprint density at radius 2 is 2.03 bits per heavy atom. The standard InChI is InChI=1S/C21H17ClFN7O2/c1-11(31)13-3-4-14(24-8-13)9-25-20-18-17(29-30-20)19(28-10-27-18)21(32)26-7-12-2-5-16(23)15(22)6-12/h2-6,8,10,31H,1,7,9H2,(H,26,32)(H2,25,29,30). The maximum atomic E-state index is 13.3. The van der Waals surface area contributed by atoms with Gasteiger partial charge in [0.05, 0.1) is 17.3 Å². The maximum Gasteiger partial charge on any atom is 0.272 e. The summed E-state index contributed by atoms with van der Waals surface area (Å²) in [5.41, 5.74) is 2.80. The highest BCUT2D eigenvalue weighted by molar-refractivity contribution is 6.30. The summed E-state index contributed by atoms with van der Waals surface area (Å²) >= 11 is 5.77. The van der Waals surface area contributed by atoms with Crippen molar-refractivity contribution in [2.75, 3.05) is 5.32 Å². The Hall–Kier alpha value is -4.05. The van der Waals surface area contributed by atoms with Gasteiger partial charge in [-0.1, -0.05) is 24.2 Å². The number of hydrogen-bond acceptors (Lipinski definition) is 7. The van der Waals surface area contributed by atoms with Crippen molar-refractivity contribution in [1.82, 2.24) is 30.5 Å². The number of benzene rings is 1. The number of hydrogen-bond donors (Lipinski definition) is 4. The second-order valence-electron chi connectivity index (χ2n) is 6.79. The van der Waals surface area contributed by atoms with E-state index in [-0.39, 0.29) is 23.0 Å². The molecule has 162 valence electrons. The van der Waals surface area contributed by atoms with Gasteiger partial charge in [0.1, 0.15) is 28.9 Å². The lowest BCUT2D eigenvalue weighted by atomic mass is 10.2. The van der Waals surface area contributed by atoms with Gasteiger partial charge in [0.25, 0.3) is 5.91 Å². The van der Waals surface area contributed by atoms with E-state index < -0.39 is 11.7 Å². The molecule has 0 atom stereocenters. The molecule has 0 fully saturated rings. The van der Waals surface area contributed by atoms with E-state index in [0.29, 0.717) is 40.2 Å². The quantitative estimate of drug-likeness (QED) is 0.314. The molecule has 4 aromatic rings. The SMILES string of the molecule is C=C(O)c1ccc(CNc2n[nH]c3c(C(=O)NCc4ccc(F)c(Cl)c4)ncnc23)nc1. The summed E-state index contributed by atoms with van der Waals surface area (Å²) in [4.78, 5) is 25.1. The lowest BCUT2D eigenvalue weighted by Gasteiger charge is -2.06. The molecular weight excluding hydrogens is 437 g/mol. The average Bonchev–Trinajstić information content (AvgIpc) is 3.21.